The zero-order chi connectivity index (χ0) is 23.6. The van der Waals surface area contributed by atoms with Gasteiger partial charge in [0.15, 0.2) is 0 Å². The van der Waals surface area contributed by atoms with E-state index in [2.05, 4.69) is 17.4 Å². The topological polar surface area (TPSA) is 66.5 Å². The molecule has 1 aliphatic carbocycles. The van der Waals surface area contributed by atoms with Gasteiger partial charge in [0.25, 0.3) is 10.0 Å². The molecule has 1 unspecified atom stereocenters. The van der Waals surface area contributed by atoms with Gasteiger partial charge in [0.1, 0.15) is 6.54 Å². The maximum atomic E-state index is 13.4. The van der Waals surface area contributed by atoms with Gasteiger partial charge in [-0.25, -0.2) is 8.42 Å². The van der Waals surface area contributed by atoms with Crippen LogP contribution in [0.2, 0.25) is 10.0 Å². The van der Waals surface area contributed by atoms with Crippen molar-refractivity contribution in [1.29, 1.82) is 0 Å². The maximum absolute atomic E-state index is 13.4. The van der Waals surface area contributed by atoms with Crippen LogP contribution in [0.1, 0.15) is 36.1 Å². The van der Waals surface area contributed by atoms with E-state index in [-0.39, 0.29) is 26.7 Å². The Labute approximate surface area is 204 Å². The number of anilines is 1. The van der Waals surface area contributed by atoms with Gasteiger partial charge >= 0.3 is 0 Å². The fourth-order valence-electron chi connectivity index (χ4n) is 4.08. The Morgan fingerprint density at radius 2 is 1.64 bits per heavy atom. The number of aryl methyl sites for hydroxylation is 2. The van der Waals surface area contributed by atoms with E-state index < -0.39 is 22.5 Å². The molecule has 0 radical (unpaired) electrons. The molecule has 0 bridgehead atoms. The average molecular weight is 503 g/mol. The zero-order valence-corrected chi connectivity index (χ0v) is 20.4. The minimum Gasteiger partial charge on any atom is -0.348 e. The van der Waals surface area contributed by atoms with Gasteiger partial charge in [-0.2, -0.15) is 0 Å². The third kappa shape index (κ3) is 5.35. The van der Waals surface area contributed by atoms with Crippen LogP contribution >= 0.6 is 23.2 Å². The van der Waals surface area contributed by atoms with Crippen molar-refractivity contribution >= 4 is 44.8 Å². The summed E-state index contributed by atoms with van der Waals surface area (Å²) in [7, 11) is -4.04. The van der Waals surface area contributed by atoms with Crippen molar-refractivity contribution in [3.05, 3.63) is 93.5 Å². The number of carbonyl (C=O) groups is 1. The Bertz CT molecular complexity index is 1260. The van der Waals surface area contributed by atoms with Gasteiger partial charge < -0.3 is 5.32 Å². The molecule has 8 heteroatoms. The summed E-state index contributed by atoms with van der Waals surface area (Å²) in [5.41, 5.74) is 3.88. The van der Waals surface area contributed by atoms with Crippen molar-refractivity contribution < 1.29 is 13.2 Å². The van der Waals surface area contributed by atoms with Crippen LogP contribution in [0.15, 0.2) is 71.6 Å². The summed E-state index contributed by atoms with van der Waals surface area (Å²) in [5, 5.41) is 3.48. The van der Waals surface area contributed by atoms with Crippen molar-refractivity contribution in [1.82, 2.24) is 5.32 Å². The first-order valence-corrected chi connectivity index (χ1v) is 12.9. The Kier molecular flexibility index (Phi) is 6.98. The summed E-state index contributed by atoms with van der Waals surface area (Å²) < 4.78 is 27.9. The Hall–Kier alpha value is -2.54. The summed E-state index contributed by atoms with van der Waals surface area (Å²) in [6, 6.07) is 18.4. The van der Waals surface area contributed by atoms with Gasteiger partial charge in [0.2, 0.25) is 5.91 Å². The maximum Gasteiger partial charge on any atom is 0.264 e. The van der Waals surface area contributed by atoms with Gasteiger partial charge in [-0.05, 0) is 73.2 Å². The third-order valence-corrected chi connectivity index (χ3v) is 7.98. The smallest absolute Gasteiger partial charge is 0.264 e. The predicted octanol–water partition coefficient (Wildman–Crippen LogP) is 5.55. The number of rotatable bonds is 7. The Morgan fingerprint density at radius 1 is 0.970 bits per heavy atom. The fourth-order valence-corrected chi connectivity index (χ4v) is 6.02. The molecular formula is C25H24Cl2N2O3S. The molecule has 4 rings (SSSR count). The molecule has 1 N–H and O–H groups in total. The van der Waals surface area contributed by atoms with Crippen molar-refractivity contribution in [3.63, 3.8) is 0 Å². The third-order valence-electron chi connectivity index (χ3n) is 5.75. The molecule has 33 heavy (non-hydrogen) atoms. The predicted molar refractivity (Wildman–Crippen MR) is 132 cm³/mol. The summed E-state index contributed by atoms with van der Waals surface area (Å²) >= 11 is 12.3. The van der Waals surface area contributed by atoms with Gasteiger partial charge in [0.05, 0.1) is 16.6 Å². The number of sulfonamides is 1. The quantitative estimate of drug-likeness (QED) is 0.460. The van der Waals surface area contributed by atoms with E-state index in [1.807, 2.05) is 13.0 Å². The highest BCUT2D eigenvalue weighted by molar-refractivity contribution is 7.92. The summed E-state index contributed by atoms with van der Waals surface area (Å²) in [4.78, 5) is 13.1. The number of halogens is 2. The molecule has 5 nitrogen and oxygen atoms in total. The molecule has 3 aromatic rings. The van der Waals surface area contributed by atoms with E-state index in [1.165, 1.54) is 41.5 Å². The average Bonchev–Trinajstić information content (AvgIpc) is 3.25. The molecule has 0 saturated heterocycles. The Balaban J connectivity index is 1.60. The van der Waals surface area contributed by atoms with E-state index in [9.17, 15) is 13.2 Å². The lowest BCUT2D eigenvalue weighted by atomic mass is 10.0. The molecule has 0 aromatic heterocycles. The van der Waals surface area contributed by atoms with Crippen LogP contribution in [0, 0.1) is 0 Å². The highest BCUT2D eigenvalue weighted by Crippen LogP contribution is 2.30. The Morgan fingerprint density at radius 3 is 2.33 bits per heavy atom. The molecule has 0 heterocycles. The number of hydrogen-bond donors (Lipinski definition) is 1. The molecule has 1 amide bonds. The summed E-state index contributed by atoms with van der Waals surface area (Å²) in [6.07, 6.45) is 3.28. The molecule has 1 atom stereocenters. The number of amides is 1. The molecule has 1 aliphatic rings. The van der Waals surface area contributed by atoms with Gasteiger partial charge in [-0.1, -0.05) is 59.6 Å². The lowest BCUT2D eigenvalue weighted by Gasteiger charge is -2.25. The molecule has 0 fully saturated rings. The minimum absolute atomic E-state index is 0.0700. The van der Waals surface area contributed by atoms with Crippen molar-refractivity contribution in [2.24, 2.45) is 0 Å². The number of hydrogen-bond acceptors (Lipinski definition) is 3. The monoisotopic (exact) mass is 502 g/mol. The number of carbonyl (C=O) groups excluding carboxylic acids is 1. The van der Waals surface area contributed by atoms with Gasteiger partial charge in [0, 0.05) is 10.0 Å². The highest BCUT2D eigenvalue weighted by Gasteiger charge is 2.28. The summed E-state index contributed by atoms with van der Waals surface area (Å²) in [6.45, 7) is 1.48. The highest BCUT2D eigenvalue weighted by atomic mass is 35.5. The zero-order valence-electron chi connectivity index (χ0n) is 18.1. The first kappa shape index (κ1) is 23.6. The number of nitrogens with one attached hydrogen (secondary N) is 1. The second-order valence-electron chi connectivity index (χ2n) is 8.12. The largest absolute Gasteiger partial charge is 0.348 e. The molecule has 172 valence electrons. The van der Waals surface area contributed by atoms with Crippen LogP contribution in [-0.4, -0.2) is 20.9 Å². The van der Waals surface area contributed by atoms with Crippen LogP contribution in [0.3, 0.4) is 0 Å². The lowest BCUT2D eigenvalue weighted by molar-refractivity contribution is -0.120. The number of fused-ring (bicyclic) bond motifs is 1. The SMILES string of the molecule is CC(NC(=O)CN(c1cc(Cl)cc(Cl)c1)S(=O)(=O)c1ccccc1)c1ccc2c(c1)CCC2. The van der Waals surface area contributed by atoms with E-state index in [0.29, 0.717) is 0 Å². The summed E-state index contributed by atoms with van der Waals surface area (Å²) in [5.74, 6) is -0.432. The molecule has 0 aliphatic heterocycles. The van der Waals surface area contributed by atoms with Crippen LogP contribution in [0.5, 0.6) is 0 Å². The normalized spacial score (nSPS) is 13.9. The second kappa shape index (κ2) is 9.75. The minimum atomic E-state index is -4.04. The molecule has 0 saturated carbocycles. The molecule has 3 aromatic carbocycles. The standard InChI is InChI=1S/C25H24Cl2N2O3S/c1-17(19-11-10-18-6-5-7-20(18)12-19)28-25(30)16-29(23-14-21(26)13-22(27)15-23)33(31,32)24-8-3-2-4-9-24/h2-4,8-15,17H,5-7,16H2,1H3,(H,28,30). The van der Waals surface area contributed by atoms with Crippen LogP contribution in [0.4, 0.5) is 5.69 Å². The van der Waals surface area contributed by atoms with E-state index in [4.69, 9.17) is 23.2 Å². The first-order chi connectivity index (χ1) is 15.7. The second-order valence-corrected chi connectivity index (χ2v) is 10.9. The first-order valence-electron chi connectivity index (χ1n) is 10.7. The van der Waals surface area contributed by atoms with E-state index in [0.717, 1.165) is 29.1 Å². The van der Waals surface area contributed by atoms with Crippen molar-refractivity contribution in [3.8, 4) is 0 Å². The van der Waals surface area contributed by atoms with Crippen LogP contribution < -0.4 is 9.62 Å². The van der Waals surface area contributed by atoms with E-state index in [1.54, 1.807) is 18.2 Å². The van der Waals surface area contributed by atoms with Crippen molar-refractivity contribution in [2.75, 3.05) is 10.8 Å². The molecular weight excluding hydrogens is 479 g/mol. The number of nitrogens with zero attached hydrogens (tertiary/aromatic N) is 1. The van der Waals surface area contributed by atoms with Gasteiger partial charge in [-0.15, -0.1) is 0 Å². The van der Waals surface area contributed by atoms with Gasteiger partial charge in [-0.3, -0.25) is 9.10 Å². The van der Waals surface area contributed by atoms with E-state index >= 15 is 0 Å². The van der Waals surface area contributed by atoms with Crippen LogP contribution in [0.25, 0.3) is 0 Å². The fraction of sp³-hybridized carbons (Fsp3) is 0.240. The van der Waals surface area contributed by atoms with Crippen molar-refractivity contribution in [2.45, 2.75) is 37.1 Å². The molecule has 0 spiro atoms. The lowest BCUT2D eigenvalue weighted by Crippen LogP contribution is -2.41. The van der Waals surface area contributed by atoms with Crippen LogP contribution in [-0.2, 0) is 27.7 Å². The number of benzene rings is 3.